The summed E-state index contributed by atoms with van der Waals surface area (Å²) in [6, 6.07) is 3.65. The summed E-state index contributed by atoms with van der Waals surface area (Å²) in [5, 5.41) is 6.09. The van der Waals surface area contributed by atoms with Crippen LogP contribution in [0, 0.1) is 0 Å². The summed E-state index contributed by atoms with van der Waals surface area (Å²) in [5.74, 6) is 0.738. The van der Waals surface area contributed by atoms with Crippen LogP contribution in [-0.4, -0.2) is 4.98 Å². The molecule has 0 aliphatic rings. The molecule has 0 unspecified atom stereocenters. The molecule has 0 bridgehead atoms. The van der Waals surface area contributed by atoms with Crippen LogP contribution in [0.1, 0.15) is 5.69 Å². The second kappa shape index (κ2) is 3.95. The molecule has 0 aliphatic carbocycles. The number of thiazole rings is 1. The quantitative estimate of drug-likeness (QED) is 0.439. The van der Waals surface area contributed by atoms with E-state index in [1.807, 2.05) is 17.5 Å². The van der Waals surface area contributed by atoms with E-state index >= 15 is 0 Å². The van der Waals surface area contributed by atoms with E-state index in [0.29, 0.717) is 0 Å². The lowest BCUT2D eigenvalue weighted by Gasteiger charge is -1.86. The highest BCUT2D eigenvalue weighted by Crippen LogP contribution is 2.23. The van der Waals surface area contributed by atoms with Gasteiger partial charge in [-0.15, -0.1) is 11.3 Å². The second-order valence-corrected chi connectivity index (χ2v) is 3.37. The molecule has 0 N–H and O–H groups in total. The SMILES string of the molecule is [N-]=[N+]=NCc1csc(-c2ccco2)n1. The molecule has 0 aliphatic heterocycles. The van der Waals surface area contributed by atoms with Crippen molar-refractivity contribution < 1.29 is 4.42 Å². The summed E-state index contributed by atoms with van der Waals surface area (Å²) in [7, 11) is 0. The second-order valence-electron chi connectivity index (χ2n) is 2.51. The number of hydrogen-bond acceptors (Lipinski definition) is 4. The van der Waals surface area contributed by atoms with Gasteiger partial charge in [0, 0.05) is 10.3 Å². The summed E-state index contributed by atoms with van der Waals surface area (Å²) < 4.78 is 5.18. The third-order valence-corrected chi connectivity index (χ3v) is 2.49. The summed E-state index contributed by atoms with van der Waals surface area (Å²) in [6.45, 7) is 0.285. The molecule has 2 heterocycles. The minimum atomic E-state index is 0.285. The Morgan fingerprint density at radius 3 is 3.29 bits per heavy atom. The average Bonchev–Trinajstić information content (AvgIpc) is 2.85. The van der Waals surface area contributed by atoms with Gasteiger partial charge < -0.3 is 4.42 Å². The lowest BCUT2D eigenvalue weighted by molar-refractivity contribution is 0.581. The van der Waals surface area contributed by atoms with Crippen LogP contribution in [0.25, 0.3) is 21.2 Å². The molecule has 2 rings (SSSR count). The van der Waals surface area contributed by atoms with Gasteiger partial charge in [-0.1, -0.05) is 5.11 Å². The van der Waals surface area contributed by atoms with E-state index in [9.17, 15) is 0 Å². The van der Waals surface area contributed by atoms with Gasteiger partial charge in [-0.25, -0.2) is 4.98 Å². The predicted molar refractivity (Wildman–Crippen MR) is 52.7 cm³/mol. The highest BCUT2D eigenvalue weighted by molar-refractivity contribution is 7.13. The molecule has 6 heteroatoms. The lowest BCUT2D eigenvalue weighted by Crippen LogP contribution is -1.79. The van der Waals surface area contributed by atoms with Crippen molar-refractivity contribution in [1.29, 1.82) is 0 Å². The van der Waals surface area contributed by atoms with Crippen LogP contribution < -0.4 is 0 Å². The van der Waals surface area contributed by atoms with Gasteiger partial charge in [-0.3, -0.25) is 0 Å². The molecule has 0 atom stereocenters. The zero-order chi connectivity index (χ0) is 9.80. The first kappa shape index (κ1) is 8.80. The third-order valence-electron chi connectivity index (χ3n) is 1.58. The van der Waals surface area contributed by atoms with E-state index in [2.05, 4.69) is 15.0 Å². The molecule has 0 radical (unpaired) electrons. The van der Waals surface area contributed by atoms with Crippen molar-refractivity contribution in [3.63, 3.8) is 0 Å². The van der Waals surface area contributed by atoms with Gasteiger partial charge in [-0.2, -0.15) is 0 Å². The Labute approximate surface area is 83.6 Å². The number of furan rings is 1. The standard InChI is InChI=1S/C8H6N4OS/c9-12-10-4-6-5-14-8(11-6)7-2-1-3-13-7/h1-3,5H,4H2. The Kier molecular flexibility index (Phi) is 2.48. The van der Waals surface area contributed by atoms with Crippen molar-refractivity contribution >= 4 is 11.3 Å². The van der Waals surface area contributed by atoms with Crippen molar-refractivity contribution in [2.75, 3.05) is 0 Å². The van der Waals surface area contributed by atoms with Crippen molar-refractivity contribution in [3.8, 4) is 10.8 Å². The Balaban J connectivity index is 2.22. The minimum Gasteiger partial charge on any atom is -0.462 e. The molecule has 0 fully saturated rings. The Morgan fingerprint density at radius 2 is 2.57 bits per heavy atom. The van der Waals surface area contributed by atoms with Crippen LogP contribution >= 0.6 is 11.3 Å². The van der Waals surface area contributed by atoms with Crippen molar-refractivity contribution in [2.24, 2.45) is 5.11 Å². The average molecular weight is 206 g/mol. The minimum absolute atomic E-state index is 0.285. The zero-order valence-electron chi connectivity index (χ0n) is 7.12. The fourth-order valence-corrected chi connectivity index (χ4v) is 1.77. The molecular weight excluding hydrogens is 200 g/mol. The molecule has 5 nitrogen and oxygen atoms in total. The van der Waals surface area contributed by atoms with E-state index in [-0.39, 0.29) is 6.54 Å². The molecule has 0 amide bonds. The summed E-state index contributed by atoms with van der Waals surface area (Å²) in [6.07, 6.45) is 1.60. The van der Waals surface area contributed by atoms with E-state index < -0.39 is 0 Å². The highest BCUT2D eigenvalue weighted by Gasteiger charge is 2.05. The van der Waals surface area contributed by atoms with Crippen LogP contribution in [0.4, 0.5) is 0 Å². The predicted octanol–water partition coefficient (Wildman–Crippen LogP) is 3.21. The molecular formula is C8H6N4OS. The smallest absolute Gasteiger partial charge is 0.162 e. The van der Waals surface area contributed by atoms with Gasteiger partial charge in [0.2, 0.25) is 0 Å². The molecule has 0 saturated heterocycles. The van der Waals surface area contributed by atoms with Crippen molar-refractivity contribution in [2.45, 2.75) is 6.54 Å². The highest BCUT2D eigenvalue weighted by atomic mass is 32.1. The van der Waals surface area contributed by atoms with E-state index in [4.69, 9.17) is 9.95 Å². The molecule has 14 heavy (non-hydrogen) atoms. The topological polar surface area (TPSA) is 74.8 Å². The fourth-order valence-electron chi connectivity index (χ4n) is 0.997. The maximum atomic E-state index is 8.13. The third kappa shape index (κ3) is 1.76. The maximum absolute atomic E-state index is 8.13. The fraction of sp³-hybridized carbons (Fsp3) is 0.125. The number of nitrogens with zero attached hydrogens (tertiary/aromatic N) is 4. The molecule has 2 aromatic heterocycles. The first-order chi connectivity index (χ1) is 6.90. The van der Waals surface area contributed by atoms with E-state index in [1.54, 1.807) is 6.26 Å². The van der Waals surface area contributed by atoms with Crippen LogP contribution in [0.2, 0.25) is 0 Å². The first-order valence-electron chi connectivity index (χ1n) is 3.89. The van der Waals surface area contributed by atoms with Gasteiger partial charge in [0.1, 0.15) is 0 Å². The number of aromatic nitrogens is 1. The summed E-state index contributed by atoms with van der Waals surface area (Å²) in [4.78, 5) is 6.92. The van der Waals surface area contributed by atoms with E-state index in [1.165, 1.54) is 11.3 Å². The Bertz CT molecular complexity index is 455. The van der Waals surface area contributed by atoms with Crippen LogP contribution in [0.3, 0.4) is 0 Å². The van der Waals surface area contributed by atoms with Gasteiger partial charge in [0.15, 0.2) is 10.8 Å². The monoisotopic (exact) mass is 206 g/mol. The normalized spacial score (nSPS) is 9.71. The molecule has 70 valence electrons. The van der Waals surface area contributed by atoms with Crippen molar-refractivity contribution in [3.05, 3.63) is 39.9 Å². The van der Waals surface area contributed by atoms with Gasteiger partial charge in [0.25, 0.3) is 0 Å². The van der Waals surface area contributed by atoms with Crippen molar-refractivity contribution in [1.82, 2.24) is 4.98 Å². The zero-order valence-corrected chi connectivity index (χ0v) is 7.94. The van der Waals surface area contributed by atoms with Crippen LogP contribution in [0.5, 0.6) is 0 Å². The molecule has 0 spiro atoms. The Morgan fingerprint density at radius 1 is 1.64 bits per heavy atom. The van der Waals surface area contributed by atoms with Gasteiger partial charge in [-0.05, 0) is 17.7 Å². The molecule has 0 aromatic carbocycles. The molecule has 2 aromatic rings. The summed E-state index contributed by atoms with van der Waals surface area (Å²) in [5.41, 5.74) is 8.90. The largest absolute Gasteiger partial charge is 0.462 e. The van der Waals surface area contributed by atoms with Crippen LogP contribution in [0.15, 0.2) is 33.3 Å². The lowest BCUT2D eigenvalue weighted by atomic mass is 10.4. The van der Waals surface area contributed by atoms with E-state index in [0.717, 1.165) is 16.5 Å². The number of rotatable bonds is 3. The number of hydrogen-bond donors (Lipinski definition) is 0. The van der Waals surface area contributed by atoms with Gasteiger partial charge in [0.05, 0.1) is 18.5 Å². The number of azide groups is 1. The first-order valence-corrected chi connectivity index (χ1v) is 4.77. The molecule has 0 saturated carbocycles. The van der Waals surface area contributed by atoms with Crippen LogP contribution in [-0.2, 0) is 6.54 Å². The summed E-state index contributed by atoms with van der Waals surface area (Å²) >= 11 is 1.47. The van der Waals surface area contributed by atoms with Gasteiger partial charge >= 0.3 is 0 Å². The maximum Gasteiger partial charge on any atom is 0.162 e. The Hall–Kier alpha value is -1.78.